The third kappa shape index (κ3) is 5.25. The molecule has 0 spiro atoms. The van der Waals surface area contributed by atoms with E-state index < -0.39 is 0 Å². The molecule has 1 aliphatic heterocycles. The van der Waals surface area contributed by atoms with E-state index in [0.29, 0.717) is 23.3 Å². The maximum absolute atomic E-state index is 12.1. The van der Waals surface area contributed by atoms with Gasteiger partial charge in [-0.25, -0.2) is 0 Å². The molecule has 2 N–H and O–H groups in total. The first-order chi connectivity index (χ1) is 10.1. The minimum Gasteiger partial charge on any atom is -0.324 e. The fourth-order valence-corrected chi connectivity index (χ4v) is 3.23. The summed E-state index contributed by atoms with van der Waals surface area (Å²) in [7, 11) is 0. The Kier molecular flexibility index (Phi) is 6.48. The number of amides is 1. The second-order valence-corrected chi connectivity index (χ2v) is 6.62. The first-order valence-corrected chi connectivity index (χ1v) is 8.46. The van der Waals surface area contributed by atoms with Gasteiger partial charge in [-0.15, -0.1) is 0 Å². The monoisotopic (exact) mass is 373 g/mol. The van der Waals surface area contributed by atoms with Crippen LogP contribution >= 0.6 is 27.5 Å². The van der Waals surface area contributed by atoms with Crippen molar-refractivity contribution in [3.8, 4) is 0 Å². The molecule has 4 nitrogen and oxygen atoms in total. The lowest BCUT2D eigenvalue weighted by Crippen LogP contribution is -2.41. The molecule has 1 aliphatic rings. The lowest BCUT2D eigenvalue weighted by molar-refractivity contribution is -0.117. The molecule has 1 fully saturated rings. The number of hydrogen-bond acceptors (Lipinski definition) is 3. The zero-order valence-electron chi connectivity index (χ0n) is 12.2. The molecule has 1 unspecified atom stereocenters. The maximum atomic E-state index is 12.1. The number of likely N-dealkylation sites (N-methyl/N-ethyl adjacent to an activating group) is 1. The molecular formula is C15H21BrClN3O. The zero-order chi connectivity index (χ0) is 15.2. The molecule has 1 aromatic rings. The highest BCUT2D eigenvalue weighted by molar-refractivity contribution is 9.10. The van der Waals surface area contributed by atoms with Gasteiger partial charge in [-0.3, -0.25) is 9.69 Å². The summed E-state index contributed by atoms with van der Waals surface area (Å²) in [4.78, 5) is 14.3. The Hall–Kier alpha value is -0.620. The van der Waals surface area contributed by atoms with Gasteiger partial charge in [0.15, 0.2) is 0 Å². The summed E-state index contributed by atoms with van der Waals surface area (Å²) >= 11 is 9.46. The molecule has 1 aromatic carbocycles. The van der Waals surface area contributed by atoms with Crippen molar-refractivity contribution < 1.29 is 4.79 Å². The Bertz CT molecular complexity index is 492. The molecular weight excluding hydrogens is 354 g/mol. The van der Waals surface area contributed by atoms with E-state index in [4.69, 9.17) is 11.6 Å². The van der Waals surface area contributed by atoms with Gasteiger partial charge in [0.1, 0.15) is 0 Å². The average molecular weight is 375 g/mol. The number of rotatable bonds is 6. The van der Waals surface area contributed by atoms with Gasteiger partial charge in [-0.2, -0.15) is 0 Å². The van der Waals surface area contributed by atoms with Crippen LogP contribution in [0, 0.1) is 0 Å². The van der Waals surface area contributed by atoms with Crippen LogP contribution in [0.15, 0.2) is 22.7 Å². The lowest BCUT2D eigenvalue weighted by Gasteiger charge is -2.23. The van der Waals surface area contributed by atoms with Crippen molar-refractivity contribution in [3.05, 3.63) is 27.7 Å². The molecule has 2 rings (SSSR count). The van der Waals surface area contributed by atoms with Crippen LogP contribution in [0.4, 0.5) is 5.69 Å². The van der Waals surface area contributed by atoms with Gasteiger partial charge in [0.2, 0.25) is 5.91 Å². The molecule has 1 amide bonds. The fourth-order valence-electron chi connectivity index (χ4n) is 2.51. The normalized spacial score (nSPS) is 18.2. The third-order valence-electron chi connectivity index (χ3n) is 3.66. The van der Waals surface area contributed by atoms with Crippen LogP contribution in [0.25, 0.3) is 0 Å². The zero-order valence-corrected chi connectivity index (χ0v) is 14.5. The predicted molar refractivity (Wildman–Crippen MR) is 90.9 cm³/mol. The van der Waals surface area contributed by atoms with Crippen molar-refractivity contribution in [2.75, 3.05) is 31.5 Å². The van der Waals surface area contributed by atoms with Crippen LogP contribution in [-0.2, 0) is 4.79 Å². The van der Waals surface area contributed by atoms with E-state index in [1.807, 2.05) is 6.07 Å². The van der Waals surface area contributed by atoms with Crippen LogP contribution in [0.1, 0.15) is 19.8 Å². The Labute approximate surface area is 139 Å². The molecule has 0 bridgehead atoms. The van der Waals surface area contributed by atoms with Crippen molar-refractivity contribution in [2.24, 2.45) is 0 Å². The number of hydrogen-bond donors (Lipinski definition) is 2. The molecule has 0 aromatic heterocycles. The Balaban J connectivity index is 1.86. The van der Waals surface area contributed by atoms with Crippen LogP contribution in [0.5, 0.6) is 0 Å². The van der Waals surface area contributed by atoms with Crippen LogP contribution in [0.2, 0.25) is 5.02 Å². The average Bonchev–Trinajstić information content (AvgIpc) is 2.94. The molecule has 6 heteroatoms. The molecule has 1 atom stereocenters. The van der Waals surface area contributed by atoms with Crippen molar-refractivity contribution in [2.45, 2.75) is 25.8 Å². The number of carbonyl (C=O) groups excluding carboxylic acids is 1. The summed E-state index contributed by atoms with van der Waals surface area (Å²) in [6.07, 6.45) is 2.42. The second-order valence-electron chi connectivity index (χ2n) is 5.29. The minimum absolute atomic E-state index is 0.0286. The van der Waals surface area contributed by atoms with Crippen LogP contribution in [-0.4, -0.2) is 43.0 Å². The number of anilines is 1. The summed E-state index contributed by atoms with van der Waals surface area (Å²) < 4.78 is 0.896. The number of halogens is 2. The van der Waals surface area contributed by atoms with Gasteiger partial charge in [0.05, 0.1) is 17.3 Å². The van der Waals surface area contributed by atoms with E-state index in [0.717, 1.165) is 24.1 Å². The van der Waals surface area contributed by atoms with E-state index >= 15 is 0 Å². The third-order valence-corrected chi connectivity index (χ3v) is 4.47. The maximum Gasteiger partial charge on any atom is 0.238 e. The standard InChI is InChI=1S/C15H21BrClN3O/c1-2-20(9-12-4-3-7-18-12)10-15(21)19-14-6-5-11(16)8-13(14)17/h5-6,8,12,18H,2-4,7,9-10H2,1H3,(H,19,21). The van der Waals surface area contributed by atoms with E-state index in [1.54, 1.807) is 12.1 Å². The molecule has 0 saturated carbocycles. The molecule has 116 valence electrons. The number of carbonyl (C=O) groups is 1. The summed E-state index contributed by atoms with van der Waals surface area (Å²) in [5.74, 6) is -0.0286. The van der Waals surface area contributed by atoms with Gasteiger partial charge >= 0.3 is 0 Å². The quantitative estimate of drug-likeness (QED) is 0.804. The summed E-state index contributed by atoms with van der Waals surface area (Å²) in [5.41, 5.74) is 0.653. The van der Waals surface area contributed by atoms with E-state index in [9.17, 15) is 4.79 Å². The van der Waals surface area contributed by atoms with Crippen molar-refractivity contribution in [1.82, 2.24) is 10.2 Å². The molecule has 0 radical (unpaired) electrons. The highest BCUT2D eigenvalue weighted by Crippen LogP contribution is 2.25. The summed E-state index contributed by atoms with van der Waals surface area (Å²) in [5, 5.41) is 6.87. The Morgan fingerprint density at radius 3 is 3.00 bits per heavy atom. The first-order valence-electron chi connectivity index (χ1n) is 7.29. The van der Waals surface area contributed by atoms with Gasteiger partial charge in [-0.05, 0) is 44.1 Å². The van der Waals surface area contributed by atoms with Gasteiger partial charge < -0.3 is 10.6 Å². The molecule has 21 heavy (non-hydrogen) atoms. The number of benzene rings is 1. The van der Waals surface area contributed by atoms with Crippen molar-refractivity contribution >= 4 is 39.1 Å². The van der Waals surface area contributed by atoms with Crippen molar-refractivity contribution in [3.63, 3.8) is 0 Å². The van der Waals surface area contributed by atoms with Gasteiger partial charge in [0.25, 0.3) is 0 Å². The topological polar surface area (TPSA) is 44.4 Å². The van der Waals surface area contributed by atoms with E-state index in [2.05, 4.69) is 38.4 Å². The SMILES string of the molecule is CCN(CC(=O)Nc1ccc(Br)cc1Cl)CC1CCCN1. The van der Waals surface area contributed by atoms with Crippen LogP contribution in [0.3, 0.4) is 0 Å². The smallest absolute Gasteiger partial charge is 0.238 e. The Morgan fingerprint density at radius 2 is 2.38 bits per heavy atom. The van der Waals surface area contributed by atoms with E-state index in [-0.39, 0.29) is 5.91 Å². The minimum atomic E-state index is -0.0286. The molecule has 1 saturated heterocycles. The molecule has 1 heterocycles. The number of nitrogens with zero attached hydrogens (tertiary/aromatic N) is 1. The second kappa shape index (κ2) is 8.13. The first kappa shape index (κ1) is 16.7. The highest BCUT2D eigenvalue weighted by Gasteiger charge is 2.18. The lowest BCUT2D eigenvalue weighted by atomic mass is 10.2. The van der Waals surface area contributed by atoms with E-state index in [1.165, 1.54) is 12.8 Å². The van der Waals surface area contributed by atoms with Crippen LogP contribution < -0.4 is 10.6 Å². The molecule has 0 aliphatic carbocycles. The fraction of sp³-hybridized carbons (Fsp3) is 0.533. The van der Waals surface area contributed by atoms with Gasteiger partial charge in [-0.1, -0.05) is 34.5 Å². The summed E-state index contributed by atoms with van der Waals surface area (Å²) in [6, 6.07) is 5.95. The largest absolute Gasteiger partial charge is 0.324 e. The predicted octanol–water partition coefficient (Wildman–Crippen LogP) is 3.11. The number of nitrogens with one attached hydrogen (secondary N) is 2. The van der Waals surface area contributed by atoms with Gasteiger partial charge in [0, 0.05) is 17.1 Å². The Morgan fingerprint density at radius 1 is 1.57 bits per heavy atom. The van der Waals surface area contributed by atoms with Crippen molar-refractivity contribution in [1.29, 1.82) is 0 Å². The summed E-state index contributed by atoms with van der Waals surface area (Å²) in [6.45, 7) is 5.33. The highest BCUT2D eigenvalue weighted by atomic mass is 79.9.